The van der Waals surface area contributed by atoms with Crippen LogP contribution in [0.25, 0.3) is 11.1 Å². The van der Waals surface area contributed by atoms with Crippen LogP contribution in [0, 0.1) is 5.92 Å². The van der Waals surface area contributed by atoms with Gasteiger partial charge in [0.2, 0.25) is 5.91 Å². The topological polar surface area (TPSA) is 59.4 Å². The maximum Gasteiger partial charge on any atom is 0.228 e. The average Bonchev–Trinajstić information content (AvgIpc) is 3.28. The summed E-state index contributed by atoms with van der Waals surface area (Å²) < 4.78 is 7.30. The van der Waals surface area contributed by atoms with Crippen LogP contribution in [0.2, 0.25) is 0 Å². The first kappa shape index (κ1) is 22.1. The van der Waals surface area contributed by atoms with Gasteiger partial charge in [-0.3, -0.25) is 14.4 Å². The number of carbonyl (C=O) groups is 1. The number of amides is 1. The van der Waals surface area contributed by atoms with E-state index in [4.69, 9.17) is 4.74 Å². The number of anilines is 1. The van der Waals surface area contributed by atoms with E-state index in [2.05, 4.69) is 41.4 Å². The summed E-state index contributed by atoms with van der Waals surface area (Å²) in [5.74, 6) is 0.932. The highest BCUT2D eigenvalue weighted by atomic mass is 16.5. The fourth-order valence-electron chi connectivity index (χ4n) is 4.21. The van der Waals surface area contributed by atoms with Crippen molar-refractivity contribution in [2.45, 2.75) is 39.3 Å². The van der Waals surface area contributed by atoms with Gasteiger partial charge in [0.05, 0.1) is 19.2 Å². The number of nitrogens with zero attached hydrogens (tertiary/aromatic N) is 3. The van der Waals surface area contributed by atoms with Crippen LogP contribution in [-0.4, -0.2) is 40.8 Å². The van der Waals surface area contributed by atoms with Gasteiger partial charge in [-0.1, -0.05) is 24.3 Å². The van der Waals surface area contributed by atoms with Gasteiger partial charge in [0, 0.05) is 36.6 Å². The number of likely N-dealkylation sites (tertiary alicyclic amines) is 1. The molecule has 1 fully saturated rings. The van der Waals surface area contributed by atoms with Gasteiger partial charge in [0.25, 0.3) is 0 Å². The van der Waals surface area contributed by atoms with Gasteiger partial charge in [-0.05, 0) is 68.6 Å². The molecule has 1 aliphatic rings. The second kappa shape index (κ2) is 10.0. The van der Waals surface area contributed by atoms with Crippen LogP contribution in [0.5, 0.6) is 5.75 Å². The second-order valence-corrected chi connectivity index (χ2v) is 8.80. The monoisotopic (exact) mass is 432 g/mol. The maximum atomic E-state index is 12.9. The molecular formula is C26H32N4O2. The number of methoxy groups -OCH3 is 1. The first-order valence-corrected chi connectivity index (χ1v) is 11.3. The van der Waals surface area contributed by atoms with E-state index in [1.807, 2.05) is 53.3 Å². The Bertz CT molecular complexity index is 1040. The molecule has 0 spiro atoms. The third kappa shape index (κ3) is 5.37. The zero-order chi connectivity index (χ0) is 22.5. The van der Waals surface area contributed by atoms with E-state index < -0.39 is 0 Å². The van der Waals surface area contributed by atoms with Crippen molar-refractivity contribution < 1.29 is 9.53 Å². The van der Waals surface area contributed by atoms with Crippen LogP contribution >= 0.6 is 0 Å². The fraction of sp³-hybridized carbons (Fsp3) is 0.385. The lowest BCUT2D eigenvalue weighted by Crippen LogP contribution is -2.40. The van der Waals surface area contributed by atoms with Crippen molar-refractivity contribution in [1.29, 1.82) is 0 Å². The summed E-state index contributed by atoms with van der Waals surface area (Å²) in [5, 5.41) is 7.54. The number of aromatic nitrogens is 2. The molecule has 0 saturated carbocycles. The minimum atomic E-state index is 0.00181. The number of carbonyl (C=O) groups excluding carboxylic acids is 1. The van der Waals surface area contributed by atoms with Crippen LogP contribution in [-0.2, 0) is 11.3 Å². The van der Waals surface area contributed by atoms with Crippen LogP contribution in [0.4, 0.5) is 5.69 Å². The molecule has 0 unspecified atom stereocenters. The minimum Gasteiger partial charge on any atom is -0.497 e. The van der Waals surface area contributed by atoms with E-state index in [1.165, 1.54) is 5.56 Å². The molecular weight excluding hydrogens is 400 g/mol. The Balaban J connectivity index is 1.34. The van der Waals surface area contributed by atoms with E-state index in [0.29, 0.717) is 6.04 Å². The van der Waals surface area contributed by atoms with E-state index in [1.54, 1.807) is 7.11 Å². The van der Waals surface area contributed by atoms with Gasteiger partial charge in [0.1, 0.15) is 5.75 Å². The molecule has 0 aliphatic carbocycles. The molecule has 1 N–H and O–H groups in total. The molecule has 0 radical (unpaired) electrons. The fourth-order valence-corrected chi connectivity index (χ4v) is 4.21. The third-order valence-corrected chi connectivity index (χ3v) is 6.02. The lowest BCUT2D eigenvalue weighted by Gasteiger charge is -2.31. The standard InChI is InChI=1S/C26H32N4O2/c1-19(2)30-17-20(15-27-30)16-29-13-5-7-23(18-29)26(31)28-24-11-9-21(10-12-24)22-6-4-8-25(14-22)32-3/h4,6,8-12,14-15,17,19,23H,5,7,13,16,18H2,1-3H3,(H,28,31)/t23-/m0/s1. The van der Waals surface area contributed by atoms with Crippen molar-refractivity contribution >= 4 is 11.6 Å². The Morgan fingerprint density at radius 1 is 1.19 bits per heavy atom. The highest BCUT2D eigenvalue weighted by Gasteiger charge is 2.26. The minimum absolute atomic E-state index is 0.00181. The lowest BCUT2D eigenvalue weighted by atomic mass is 9.96. The van der Waals surface area contributed by atoms with Gasteiger partial charge in [-0.2, -0.15) is 5.10 Å². The molecule has 1 atom stereocenters. The van der Waals surface area contributed by atoms with E-state index in [9.17, 15) is 4.79 Å². The number of rotatable bonds is 7. The van der Waals surface area contributed by atoms with Gasteiger partial charge >= 0.3 is 0 Å². The lowest BCUT2D eigenvalue weighted by molar-refractivity contribution is -0.121. The molecule has 1 aliphatic heterocycles. The zero-order valence-electron chi connectivity index (χ0n) is 19.1. The normalized spacial score (nSPS) is 16.8. The summed E-state index contributed by atoms with van der Waals surface area (Å²) in [6.07, 6.45) is 6.01. The molecule has 4 rings (SSSR count). The molecule has 1 amide bonds. The maximum absolute atomic E-state index is 12.9. The van der Waals surface area contributed by atoms with Crippen LogP contribution in [0.1, 0.15) is 38.3 Å². The molecule has 3 aromatic rings. The number of hydrogen-bond donors (Lipinski definition) is 1. The number of benzene rings is 2. The molecule has 6 nitrogen and oxygen atoms in total. The van der Waals surface area contributed by atoms with E-state index >= 15 is 0 Å². The summed E-state index contributed by atoms with van der Waals surface area (Å²) >= 11 is 0. The van der Waals surface area contributed by atoms with Crippen molar-refractivity contribution in [3.63, 3.8) is 0 Å². The van der Waals surface area contributed by atoms with Crippen molar-refractivity contribution in [3.8, 4) is 16.9 Å². The van der Waals surface area contributed by atoms with Crippen molar-refractivity contribution in [2.75, 3.05) is 25.5 Å². The Labute approximate surface area is 190 Å². The summed E-state index contributed by atoms with van der Waals surface area (Å²) in [6, 6.07) is 16.3. The van der Waals surface area contributed by atoms with E-state index in [0.717, 1.165) is 55.0 Å². The zero-order valence-corrected chi connectivity index (χ0v) is 19.1. The first-order chi connectivity index (χ1) is 15.5. The van der Waals surface area contributed by atoms with Crippen LogP contribution in [0.15, 0.2) is 60.9 Å². The van der Waals surface area contributed by atoms with Gasteiger partial charge in [0.15, 0.2) is 0 Å². The predicted molar refractivity (Wildman–Crippen MR) is 128 cm³/mol. The quantitative estimate of drug-likeness (QED) is 0.571. The first-order valence-electron chi connectivity index (χ1n) is 11.3. The van der Waals surface area contributed by atoms with Gasteiger partial charge in [-0.25, -0.2) is 0 Å². The number of hydrogen-bond acceptors (Lipinski definition) is 4. The smallest absolute Gasteiger partial charge is 0.228 e. The van der Waals surface area contributed by atoms with Crippen molar-refractivity contribution in [2.24, 2.45) is 5.92 Å². The summed E-state index contributed by atoms with van der Waals surface area (Å²) in [4.78, 5) is 15.3. The highest BCUT2D eigenvalue weighted by molar-refractivity contribution is 5.93. The largest absolute Gasteiger partial charge is 0.497 e. The second-order valence-electron chi connectivity index (χ2n) is 8.80. The molecule has 168 valence electrons. The third-order valence-electron chi connectivity index (χ3n) is 6.02. The summed E-state index contributed by atoms with van der Waals surface area (Å²) in [7, 11) is 1.67. The Kier molecular flexibility index (Phi) is 6.90. The molecule has 6 heteroatoms. The average molecular weight is 433 g/mol. The molecule has 0 bridgehead atoms. The number of nitrogens with one attached hydrogen (secondary N) is 1. The SMILES string of the molecule is COc1cccc(-c2ccc(NC(=O)[C@H]3CCCN(Cc4cnn(C(C)C)c4)C3)cc2)c1. The van der Waals surface area contributed by atoms with Crippen LogP contribution in [0.3, 0.4) is 0 Å². The Morgan fingerprint density at radius 3 is 2.72 bits per heavy atom. The molecule has 1 saturated heterocycles. The van der Waals surface area contributed by atoms with Crippen molar-refractivity contribution in [1.82, 2.24) is 14.7 Å². The van der Waals surface area contributed by atoms with Gasteiger partial charge in [-0.15, -0.1) is 0 Å². The van der Waals surface area contributed by atoms with Crippen molar-refractivity contribution in [3.05, 3.63) is 66.5 Å². The predicted octanol–water partition coefficient (Wildman–Crippen LogP) is 4.99. The Morgan fingerprint density at radius 2 is 2.00 bits per heavy atom. The Hall–Kier alpha value is -3.12. The molecule has 2 heterocycles. The van der Waals surface area contributed by atoms with Gasteiger partial charge < -0.3 is 10.1 Å². The molecule has 2 aromatic carbocycles. The number of ether oxygens (including phenoxy) is 1. The highest BCUT2D eigenvalue weighted by Crippen LogP contribution is 2.26. The molecule has 1 aromatic heterocycles. The van der Waals surface area contributed by atoms with Crippen LogP contribution < -0.4 is 10.1 Å². The van der Waals surface area contributed by atoms with E-state index in [-0.39, 0.29) is 11.8 Å². The summed E-state index contributed by atoms with van der Waals surface area (Å²) in [5.41, 5.74) is 4.21. The summed E-state index contributed by atoms with van der Waals surface area (Å²) in [6.45, 7) is 6.89. The molecule has 32 heavy (non-hydrogen) atoms. The number of piperidine rings is 1.